The fourth-order valence-corrected chi connectivity index (χ4v) is 4.87. The van der Waals surface area contributed by atoms with Crippen LogP contribution < -0.4 is 10.1 Å². The molecule has 0 saturated carbocycles. The molecule has 1 aromatic heterocycles. The van der Waals surface area contributed by atoms with Crippen LogP contribution in [0.3, 0.4) is 0 Å². The van der Waals surface area contributed by atoms with Gasteiger partial charge in [0.1, 0.15) is 17.3 Å². The third-order valence-electron chi connectivity index (χ3n) is 6.78. The number of oxazole rings is 1. The Hall–Kier alpha value is -4.36. The molecule has 0 radical (unpaired) electrons. The molecule has 0 fully saturated rings. The summed E-state index contributed by atoms with van der Waals surface area (Å²) in [5.41, 5.74) is 5.28. The van der Waals surface area contributed by atoms with E-state index in [2.05, 4.69) is 10.3 Å². The number of carboxylic acids is 1. The summed E-state index contributed by atoms with van der Waals surface area (Å²) in [5, 5.41) is 23.3. The lowest BCUT2D eigenvalue weighted by Crippen LogP contribution is -2.29. The molecule has 38 heavy (non-hydrogen) atoms. The highest BCUT2D eigenvalue weighted by Gasteiger charge is 2.25. The van der Waals surface area contributed by atoms with Gasteiger partial charge in [-0.2, -0.15) is 0 Å². The molecule has 5 rings (SSSR count). The molecule has 194 valence electrons. The van der Waals surface area contributed by atoms with E-state index in [1.165, 1.54) is 0 Å². The maximum atomic E-state index is 11.7. The smallest absolute Gasteiger partial charge is 0.307 e. The standard InChI is InChI=1S/C31H30N2O5/c1-20-27(33-31(38-20)21-8-3-2-4-9-21)14-15-37-24-11-7-10-22(16-24)26-19-32-28(17-23(26)18-30(35)36)25-12-5-6-13-29(25)34/h2-13,16,28,32,34H,14-15,17-19H2,1H3,(H,35,36). The second-order valence-electron chi connectivity index (χ2n) is 9.36. The molecule has 2 heterocycles. The van der Waals surface area contributed by atoms with Crippen molar-refractivity contribution in [3.05, 3.63) is 107 Å². The number of nitrogens with zero attached hydrogens (tertiary/aromatic N) is 1. The summed E-state index contributed by atoms with van der Waals surface area (Å²) in [6.45, 7) is 2.83. The highest BCUT2D eigenvalue weighted by atomic mass is 16.5. The third-order valence-corrected chi connectivity index (χ3v) is 6.78. The monoisotopic (exact) mass is 510 g/mol. The van der Waals surface area contributed by atoms with Gasteiger partial charge in [0.25, 0.3) is 0 Å². The summed E-state index contributed by atoms with van der Waals surface area (Å²) in [7, 11) is 0. The van der Waals surface area contributed by atoms with Crippen LogP contribution in [0.1, 0.15) is 41.5 Å². The lowest BCUT2D eigenvalue weighted by atomic mass is 9.86. The molecular formula is C31H30N2O5. The van der Waals surface area contributed by atoms with Gasteiger partial charge in [-0.15, -0.1) is 0 Å². The normalized spacial score (nSPS) is 15.4. The summed E-state index contributed by atoms with van der Waals surface area (Å²) in [6, 6.07) is 24.5. The minimum absolute atomic E-state index is 0.0542. The van der Waals surface area contributed by atoms with Gasteiger partial charge in [0.05, 0.1) is 18.7 Å². The van der Waals surface area contributed by atoms with Crippen LogP contribution in [0.5, 0.6) is 11.5 Å². The number of benzene rings is 3. The number of rotatable bonds is 9. The maximum Gasteiger partial charge on any atom is 0.307 e. The Labute approximate surface area is 221 Å². The topological polar surface area (TPSA) is 105 Å². The van der Waals surface area contributed by atoms with Crippen molar-refractivity contribution in [3.63, 3.8) is 0 Å². The van der Waals surface area contributed by atoms with Crippen LogP contribution in [0.2, 0.25) is 0 Å². The molecule has 1 unspecified atom stereocenters. The number of aliphatic carboxylic acids is 1. The van der Waals surface area contributed by atoms with E-state index < -0.39 is 5.97 Å². The van der Waals surface area contributed by atoms with Crippen molar-refractivity contribution in [1.29, 1.82) is 0 Å². The van der Waals surface area contributed by atoms with Crippen molar-refractivity contribution in [2.24, 2.45) is 0 Å². The zero-order valence-electron chi connectivity index (χ0n) is 21.2. The number of hydrogen-bond acceptors (Lipinski definition) is 6. The number of aryl methyl sites for hydroxylation is 1. The summed E-state index contributed by atoms with van der Waals surface area (Å²) >= 11 is 0. The molecule has 1 atom stereocenters. The second-order valence-corrected chi connectivity index (χ2v) is 9.36. The lowest BCUT2D eigenvalue weighted by Gasteiger charge is -2.29. The largest absolute Gasteiger partial charge is 0.508 e. The quantitative estimate of drug-likeness (QED) is 0.256. The predicted molar refractivity (Wildman–Crippen MR) is 145 cm³/mol. The summed E-state index contributed by atoms with van der Waals surface area (Å²) in [6.07, 6.45) is 1.05. The fraction of sp³-hybridized carbons (Fsp3) is 0.226. The number of phenols is 1. The Morgan fingerprint density at radius 2 is 1.82 bits per heavy atom. The predicted octanol–water partition coefficient (Wildman–Crippen LogP) is 5.94. The number of ether oxygens (including phenoxy) is 1. The highest BCUT2D eigenvalue weighted by Crippen LogP contribution is 2.37. The van der Waals surface area contributed by atoms with Gasteiger partial charge in [-0.25, -0.2) is 4.98 Å². The molecule has 1 aliphatic heterocycles. The number of carboxylic acid groups (broad SMARTS) is 1. The third kappa shape index (κ3) is 5.79. The van der Waals surface area contributed by atoms with Crippen LogP contribution >= 0.6 is 0 Å². The molecule has 0 aliphatic carbocycles. The first kappa shape index (κ1) is 25.3. The zero-order chi connectivity index (χ0) is 26.5. The van der Waals surface area contributed by atoms with E-state index in [1.807, 2.05) is 73.7 Å². The lowest BCUT2D eigenvalue weighted by molar-refractivity contribution is -0.136. The van der Waals surface area contributed by atoms with Crippen molar-refractivity contribution in [1.82, 2.24) is 10.3 Å². The van der Waals surface area contributed by atoms with Crippen molar-refractivity contribution in [3.8, 4) is 23.0 Å². The number of para-hydroxylation sites is 1. The molecule has 3 N–H and O–H groups in total. The van der Waals surface area contributed by atoms with Gasteiger partial charge in [0.15, 0.2) is 0 Å². The van der Waals surface area contributed by atoms with Gasteiger partial charge in [-0.1, -0.05) is 54.1 Å². The van der Waals surface area contributed by atoms with Gasteiger partial charge >= 0.3 is 5.97 Å². The van der Waals surface area contributed by atoms with Crippen LogP contribution in [0.25, 0.3) is 17.0 Å². The fourth-order valence-electron chi connectivity index (χ4n) is 4.87. The number of phenolic OH excluding ortho intramolecular Hbond substituents is 1. The molecule has 0 amide bonds. The van der Waals surface area contributed by atoms with Crippen molar-refractivity contribution < 1.29 is 24.2 Å². The molecule has 7 nitrogen and oxygen atoms in total. The van der Waals surface area contributed by atoms with Gasteiger partial charge < -0.3 is 24.7 Å². The van der Waals surface area contributed by atoms with Crippen molar-refractivity contribution in [2.45, 2.75) is 32.2 Å². The Morgan fingerprint density at radius 1 is 1.05 bits per heavy atom. The molecule has 4 aromatic rings. The number of nitrogens with one attached hydrogen (secondary N) is 1. The molecule has 1 aliphatic rings. The van der Waals surface area contributed by atoms with Gasteiger partial charge in [0.2, 0.25) is 5.89 Å². The van der Waals surface area contributed by atoms with E-state index in [0.29, 0.717) is 37.6 Å². The number of aromatic hydroxyl groups is 1. The average molecular weight is 511 g/mol. The Balaban J connectivity index is 1.30. The van der Waals surface area contributed by atoms with E-state index in [0.717, 1.165) is 39.3 Å². The van der Waals surface area contributed by atoms with Crippen LogP contribution in [0, 0.1) is 6.92 Å². The Bertz CT molecular complexity index is 1460. The number of aromatic nitrogens is 1. The molecule has 7 heteroatoms. The number of hydrogen-bond donors (Lipinski definition) is 3. The Morgan fingerprint density at radius 3 is 2.61 bits per heavy atom. The maximum absolute atomic E-state index is 11.7. The van der Waals surface area contributed by atoms with Gasteiger partial charge in [-0.05, 0) is 54.8 Å². The first-order chi connectivity index (χ1) is 18.5. The Kier molecular flexibility index (Phi) is 7.56. The van der Waals surface area contributed by atoms with Crippen LogP contribution in [-0.4, -0.2) is 34.3 Å². The number of carbonyl (C=O) groups is 1. The van der Waals surface area contributed by atoms with Crippen molar-refractivity contribution in [2.75, 3.05) is 13.2 Å². The van der Waals surface area contributed by atoms with Gasteiger partial charge in [0, 0.05) is 30.1 Å². The molecule has 3 aromatic carbocycles. The van der Waals surface area contributed by atoms with E-state index in [4.69, 9.17) is 9.15 Å². The first-order valence-electron chi connectivity index (χ1n) is 12.7. The van der Waals surface area contributed by atoms with E-state index in [-0.39, 0.29) is 18.2 Å². The summed E-state index contributed by atoms with van der Waals surface area (Å²) in [4.78, 5) is 16.3. The molecular weight excluding hydrogens is 480 g/mol. The van der Waals surface area contributed by atoms with E-state index in [9.17, 15) is 15.0 Å². The average Bonchev–Trinajstić information content (AvgIpc) is 3.29. The molecule has 0 spiro atoms. The second kappa shape index (κ2) is 11.4. The minimum atomic E-state index is -0.874. The minimum Gasteiger partial charge on any atom is -0.508 e. The van der Waals surface area contributed by atoms with Crippen molar-refractivity contribution >= 4 is 11.5 Å². The van der Waals surface area contributed by atoms with Crippen LogP contribution in [0.4, 0.5) is 0 Å². The summed E-state index contributed by atoms with van der Waals surface area (Å²) < 4.78 is 11.9. The SMILES string of the molecule is Cc1oc(-c2ccccc2)nc1CCOc1cccc(C2=C(CC(=O)O)CC(c3ccccc3O)NC2)c1. The molecule has 0 saturated heterocycles. The van der Waals surface area contributed by atoms with E-state index in [1.54, 1.807) is 12.1 Å². The first-order valence-corrected chi connectivity index (χ1v) is 12.7. The van der Waals surface area contributed by atoms with Crippen LogP contribution in [-0.2, 0) is 11.2 Å². The highest BCUT2D eigenvalue weighted by molar-refractivity contribution is 5.79. The molecule has 0 bridgehead atoms. The summed E-state index contributed by atoms with van der Waals surface area (Å²) in [5.74, 6) is 1.41. The van der Waals surface area contributed by atoms with Crippen LogP contribution in [0.15, 0.2) is 88.9 Å². The van der Waals surface area contributed by atoms with Gasteiger partial charge in [-0.3, -0.25) is 4.79 Å². The zero-order valence-corrected chi connectivity index (χ0v) is 21.2. The van der Waals surface area contributed by atoms with E-state index >= 15 is 0 Å².